The van der Waals surface area contributed by atoms with E-state index in [-0.39, 0.29) is 5.91 Å². The van der Waals surface area contributed by atoms with E-state index in [0.29, 0.717) is 0 Å². The van der Waals surface area contributed by atoms with Gasteiger partial charge in [-0.2, -0.15) is 0 Å². The van der Waals surface area contributed by atoms with Crippen molar-refractivity contribution in [2.24, 2.45) is 5.73 Å². The van der Waals surface area contributed by atoms with Gasteiger partial charge in [0.1, 0.15) is 0 Å². The maximum atomic E-state index is 11.5. The number of carbonyl (C=O) groups is 1. The van der Waals surface area contributed by atoms with Crippen LogP contribution in [0.4, 0.5) is 0 Å². The summed E-state index contributed by atoms with van der Waals surface area (Å²) in [5.74, 6) is 0.0407. The quantitative estimate of drug-likeness (QED) is 0.688. The molecule has 1 amide bonds. The van der Waals surface area contributed by atoms with Gasteiger partial charge in [-0.3, -0.25) is 4.79 Å². The predicted octanol–water partition coefficient (Wildman–Crippen LogP) is 1.48. The van der Waals surface area contributed by atoms with Crippen molar-refractivity contribution in [3.8, 4) is 0 Å². The van der Waals surface area contributed by atoms with Gasteiger partial charge in [-0.15, -0.1) is 0 Å². The molecule has 3 nitrogen and oxygen atoms in total. The average Bonchev–Trinajstić information content (AvgIpc) is 2.99. The van der Waals surface area contributed by atoms with Crippen molar-refractivity contribution in [2.45, 2.75) is 50.5 Å². The molecular formula is C12H20N2O. The molecular weight excluding hydrogens is 188 g/mol. The van der Waals surface area contributed by atoms with E-state index < -0.39 is 5.54 Å². The van der Waals surface area contributed by atoms with Crippen LogP contribution in [0.15, 0.2) is 11.6 Å². The Labute approximate surface area is 91.1 Å². The number of allylic oxidation sites excluding steroid dienone is 1. The summed E-state index contributed by atoms with van der Waals surface area (Å²) >= 11 is 0. The highest BCUT2D eigenvalue weighted by molar-refractivity contribution is 5.88. The van der Waals surface area contributed by atoms with E-state index in [2.05, 4.69) is 11.4 Å². The van der Waals surface area contributed by atoms with Crippen molar-refractivity contribution in [3.05, 3.63) is 11.6 Å². The number of nitrogens with one attached hydrogen (secondary N) is 1. The number of hydrogen-bond acceptors (Lipinski definition) is 2. The zero-order chi connectivity index (χ0) is 10.7. The molecule has 0 atom stereocenters. The largest absolute Gasteiger partial charge is 0.354 e. The molecule has 2 aliphatic carbocycles. The van der Waals surface area contributed by atoms with Crippen molar-refractivity contribution in [3.63, 3.8) is 0 Å². The summed E-state index contributed by atoms with van der Waals surface area (Å²) in [5, 5.41) is 2.93. The summed E-state index contributed by atoms with van der Waals surface area (Å²) in [4.78, 5) is 11.5. The second-order valence-corrected chi connectivity index (χ2v) is 4.77. The lowest BCUT2D eigenvalue weighted by molar-refractivity contribution is -0.123. The molecule has 3 heteroatoms. The Hall–Kier alpha value is -0.830. The first-order valence-electron chi connectivity index (χ1n) is 5.96. The molecule has 2 rings (SSSR count). The van der Waals surface area contributed by atoms with Crippen LogP contribution in [0.2, 0.25) is 0 Å². The van der Waals surface area contributed by atoms with Gasteiger partial charge < -0.3 is 11.1 Å². The predicted molar refractivity (Wildman–Crippen MR) is 60.3 cm³/mol. The van der Waals surface area contributed by atoms with Gasteiger partial charge in [0.25, 0.3) is 0 Å². The lowest BCUT2D eigenvalue weighted by Crippen LogP contribution is -2.43. The Morgan fingerprint density at radius 3 is 2.87 bits per heavy atom. The van der Waals surface area contributed by atoms with Crippen LogP contribution in [0.3, 0.4) is 0 Å². The molecule has 3 N–H and O–H groups in total. The first kappa shape index (κ1) is 10.7. The van der Waals surface area contributed by atoms with Gasteiger partial charge in [0.2, 0.25) is 5.91 Å². The van der Waals surface area contributed by atoms with Crippen molar-refractivity contribution in [1.82, 2.24) is 5.32 Å². The van der Waals surface area contributed by atoms with Gasteiger partial charge in [0.05, 0.1) is 5.54 Å². The van der Waals surface area contributed by atoms with Gasteiger partial charge in [0, 0.05) is 6.54 Å². The minimum atomic E-state index is -0.513. The summed E-state index contributed by atoms with van der Waals surface area (Å²) in [7, 11) is 0. The van der Waals surface area contributed by atoms with Gasteiger partial charge in [0.15, 0.2) is 0 Å². The van der Waals surface area contributed by atoms with Crippen LogP contribution < -0.4 is 11.1 Å². The zero-order valence-corrected chi connectivity index (χ0v) is 9.22. The molecule has 0 radical (unpaired) electrons. The highest BCUT2D eigenvalue weighted by atomic mass is 16.2. The lowest BCUT2D eigenvalue weighted by atomic mass is 9.97. The fourth-order valence-electron chi connectivity index (χ4n) is 2.01. The summed E-state index contributed by atoms with van der Waals surface area (Å²) in [6.45, 7) is 0.754. The van der Waals surface area contributed by atoms with Crippen LogP contribution >= 0.6 is 0 Å². The van der Waals surface area contributed by atoms with Crippen molar-refractivity contribution < 1.29 is 4.79 Å². The number of rotatable bonds is 4. The molecule has 84 valence electrons. The first-order valence-corrected chi connectivity index (χ1v) is 5.96. The van der Waals surface area contributed by atoms with Gasteiger partial charge >= 0.3 is 0 Å². The molecule has 0 spiro atoms. The Morgan fingerprint density at radius 1 is 1.47 bits per heavy atom. The molecule has 0 aromatic rings. The summed E-state index contributed by atoms with van der Waals surface area (Å²) in [6.07, 6.45) is 10.1. The highest BCUT2D eigenvalue weighted by Gasteiger charge is 2.45. The standard InChI is InChI=1S/C12H20N2O/c13-12(7-8-12)11(15)14-9-6-10-4-2-1-3-5-10/h4H,1-3,5-9,13H2,(H,14,15). The zero-order valence-electron chi connectivity index (χ0n) is 9.22. The lowest BCUT2D eigenvalue weighted by Gasteiger charge is -2.14. The Morgan fingerprint density at radius 2 is 2.27 bits per heavy atom. The Bertz CT molecular complexity index is 279. The van der Waals surface area contributed by atoms with Crippen molar-refractivity contribution in [1.29, 1.82) is 0 Å². The van der Waals surface area contributed by atoms with E-state index in [1.165, 1.54) is 31.3 Å². The Balaban J connectivity index is 1.66. The van der Waals surface area contributed by atoms with Crippen molar-refractivity contribution in [2.75, 3.05) is 6.54 Å². The summed E-state index contributed by atoms with van der Waals surface area (Å²) in [6, 6.07) is 0. The van der Waals surface area contributed by atoms with Gasteiger partial charge in [-0.05, 0) is 44.9 Å². The van der Waals surface area contributed by atoms with Crippen LogP contribution in [-0.4, -0.2) is 18.0 Å². The minimum Gasteiger partial charge on any atom is -0.354 e. The number of hydrogen-bond donors (Lipinski definition) is 2. The van der Waals surface area contributed by atoms with Crippen LogP contribution in [0.25, 0.3) is 0 Å². The third kappa shape index (κ3) is 2.81. The third-order valence-corrected chi connectivity index (χ3v) is 3.36. The first-order chi connectivity index (χ1) is 7.21. The topological polar surface area (TPSA) is 55.1 Å². The van der Waals surface area contributed by atoms with E-state index in [9.17, 15) is 4.79 Å². The van der Waals surface area contributed by atoms with Crippen molar-refractivity contribution >= 4 is 5.91 Å². The second-order valence-electron chi connectivity index (χ2n) is 4.77. The van der Waals surface area contributed by atoms with Gasteiger partial charge in [-0.25, -0.2) is 0 Å². The fraction of sp³-hybridized carbons (Fsp3) is 0.750. The molecule has 0 aromatic carbocycles. The maximum Gasteiger partial charge on any atom is 0.240 e. The van der Waals surface area contributed by atoms with E-state index >= 15 is 0 Å². The monoisotopic (exact) mass is 208 g/mol. The molecule has 0 aromatic heterocycles. The molecule has 0 bridgehead atoms. The molecule has 0 saturated heterocycles. The second kappa shape index (κ2) is 4.35. The molecule has 0 aliphatic heterocycles. The van der Waals surface area contributed by atoms with E-state index in [1.807, 2.05) is 0 Å². The number of amides is 1. The normalized spacial score (nSPS) is 23.1. The average molecular weight is 208 g/mol. The highest BCUT2D eigenvalue weighted by Crippen LogP contribution is 2.32. The molecule has 2 aliphatic rings. The number of nitrogens with two attached hydrogens (primary N) is 1. The van der Waals surface area contributed by atoms with E-state index in [1.54, 1.807) is 0 Å². The SMILES string of the molecule is NC1(C(=O)NCCC2=CCCCC2)CC1. The smallest absolute Gasteiger partial charge is 0.240 e. The van der Waals surface area contributed by atoms with Crippen LogP contribution in [0.5, 0.6) is 0 Å². The Kier molecular flexibility index (Phi) is 3.10. The summed E-state index contributed by atoms with van der Waals surface area (Å²) < 4.78 is 0. The fourth-order valence-corrected chi connectivity index (χ4v) is 2.01. The van der Waals surface area contributed by atoms with Crippen LogP contribution in [0.1, 0.15) is 44.9 Å². The van der Waals surface area contributed by atoms with E-state index in [0.717, 1.165) is 25.8 Å². The number of carbonyl (C=O) groups excluding carboxylic acids is 1. The molecule has 1 fully saturated rings. The maximum absolute atomic E-state index is 11.5. The molecule has 0 unspecified atom stereocenters. The van der Waals surface area contributed by atoms with Crippen LogP contribution in [-0.2, 0) is 4.79 Å². The van der Waals surface area contributed by atoms with Crippen LogP contribution in [0, 0.1) is 0 Å². The van der Waals surface area contributed by atoms with Gasteiger partial charge in [-0.1, -0.05) is 11.6 Å². The third-order valence-electron chi connectivity index (χ3n) is 3.36. The van der Waals surface area contributed by atoms with E-state index in [4.69, 9.17) is 5.73 Å². The molecule has 1 saturated carbocycles. The molecule has 0 heterocycles. The minimum absolute atomic E-state index is 0.0407. The molecule has 15 heavy (non-hydrogen) atoms. The summed E-state index contributed by atoms with van der Waals surface area (Å²) in [5.41, 5.74) is 6.77.